The van der Waals surface area contributed by atoms with E-state index in [1.54, 1.807) is 0 Å². The van der Waals surface area contributed by atoms with Gasteiger partial charge in [-0.15, -0.1) is 0 Å². The maximum absolute atomic E-state index is 14.6. The van der Waals surface area contributed by atoms with Gasteiger partial charge in [0.05, 0.1) is 5.33 Å². The molecule has 6 atom stereocenters. The second-order valence-corrected chi connectivity index (χ2v) is 9.88. The summed E-state index contributed by atoms with van der Waals surface area (Å²) in [4.78, 5) is 24.3. The molecule has 0 spiro atoms. The Kier molecular flexibility index (Phi) is 4.29. The summed E-state index contributed by atoms with van der Waals surface area (Å²) in [5.41, 5.74) is 0.798. The fourth-order valence-corrected chi connectivity index (χ4v) is 7.66. The third kappa shape index (κ3) is 2.38. The zero-order valence-electron chi connectivity index (χ0n) is 15.2. The quantitative estimate of drug-likeness (QED) is 0.571. The topological polar surface area (TPSA) is 34.1 Å². The van der Waals surface area contributed by atoms with Crippen LogP contribution in [0.1, 0.15) is 65.2 Å². The summed E-state index contributed by atoms with van der Waals surface area (Å²) in [5.74, 6) is 1.49. The Morgan fingerprint density at radius 1 is 1.12 bits per heavy atom. The predicted molar refractivity (Wildman–Crippen MR) is 99.1 cm³/mol. The van der Waals surface area contributed by atoms with Crippen LogP contribution in [0.25, 0.3) is 0 Å². The molecular weight excluding hydrogens is 383 g/mol. The Balaban J connectivity index is 1.67. The van der Waals surface area contributed by atoms with Crippen molar-refractivity contribution in [3.63, 3.8) is 0 Å². The highest BCUT2D eigenvalue weighted by molar-refractivity contribution is 9.09. The number of hydrogen-bond acceptors (Lipinski definition) is 2. The maximum atomic E-state index is 14.6. The van der Waals surface area contributed by atoms with E-state index in [-0.39, 0.29) is 22.5 Å². The molecule has 0 unspecified atom stereocenters. The molecule has 0 aliphatic heterocycles. The fourth-order valence-electron chi connectivity index (χ4n) is 7.27. The molecule has 4 rings (SSSR count). The van der Waals surface area contributed by atoms with Crippen molar-refractivity contribution >= 4 is 27.5 Å². The lowest BCUT2D eigenvalue weighted by Gasteiger charge is -2.58. The maximum Gasteiger partial charge on any atom is 0.191 e. The fraction of sp³-hybridized carbons (Fsp3) is 0.810. The first kappa shape index (κ1) is 17.9. The van der Waals surface area contributed by atoms with Crippen LogP contribution in [-0.4, -0.2) is 16.9 Å². The van der Waals surface area contributed by atoms with Crippen LogP contribution in [0.15, 0.2) is 11.4 Å². The van der Waals surface area contributed by atoms with Crippen LogP contribution >= 0.6 is 15.9 Å². The van der Waals surface area contributed by atoms with Gasteiger partial charge in [0.1, 0.15) is 5.78 Å². The zero-order valence-corrected chi connectivity index (χ0v) is 16.8. The highest BCUT2D eigenvalue weighted by Gasteiger charge is 2.60. The Morgan fingerprint density at radius 2 is 1.88 bits per heavy atom. The summed E-state index contributed by atoms with van der Waals surface area (Å²) in [7, 11) is 0. The Morgan fingerprint density at radius 3 is 2.60 bits per heavy atom. The van der Waals surface area contributed by atoms with Gasteiger partial charge in [0.2, 0.25) is 0 Å². The minimum absolute atomic E-state index is 0.118. The smallest absolute Gasteiger partial charge is 0.191 e. The highest BCUT2D eigenvalue weighted by atomic mass is 79.9. The standard InChI is InChI=1S/C21H28BrFO2/c1-20-9-7-14-12(13(20)5-6-15(20)18(25)11-22)3-4-16-19(23)17(24)8-10-21(14,16)2/h12-15H,3-11H2,1-2H3/t12-,13-,14-,15+,20-,21+/m0/s1. The van der Waals surface area contributed by atoms with Gasteiger partial charge >= 0.3 is 0 Å². The number of alkyl halides is 1. The summed E-state index contributed by atoms with van der Waals surface area (Å²) >= 11 is 3.37. The number of fused-ring (bicyclic) bond motifs is 5. The second kappa shape index (κ2) is 6.00. The number of rotatable bonds is 2. The normalized spacial score (nSPS) is 46.5. The summed E-state index contributed by atoms with van der Waals surface area (Å²) in [6.07, 6.45) is 7.19. The Bertz CT molecular complexity index is 656. The van der Waals surface area contributed by atoms with Crippen molar-refractivity contribution in [3.05, 3.63) is 11.4 Å². The van der Waals surface area contributed by atoms with Gasteiger partial charge in [-0.2, -0.15) is 0 Å². The number of carbonyl (C=O) groups is 2. The zero-order chi connectivity index (χ0) is 18.0. The molecule has 3 fully saturated rings. The van der Waals surface area contributed by atoms with Gasteiger partial charge in [-0.3, -0.25) is 9.59 Å². The minimum atomic E-state index is -0.417. The highest BCUT2D eigenvalue weighted by Crippen LogP contribution is 2.67. The number of carbonyl (C=O) groups excluding carboxylic acids is 2. The first-order valence-corrected chi connectivity index (χ1v) is 11.0. The molecule has 0 aromatic carbocycles. The summed E-state index contributed by atoms with van der Waals surface area (Å²) in [5, 5.41) is 0.464. The number of Topliss-reactive ketones (excluding diaryl/α,β-unsaturated/α-hetero) is 2. The third-order valence-corrected chi connectivity index (χ3v) is 9.13. The summed E-state index contributed by atoms with van der Waals surface area (Å²) in [6.45, 7) is 4.55. The molecule has 138 valence electrons. The first-order valence-electron chi connectivity index (χ1n) is 9.84. The monoisotopic (exact) mass is 410 g/mol. The van der Waals surface area contributed by atoms with Crippen molar-refractivity contribution in [3.8, 4) is 0 Å². The van der Waals surface area contributed by atoms with E-state index in [4.69, 9.17) is 0 Å². The van der Waals surface area contributed by atoms with Crippen LogP contribution in [0.4, 0.5) is 4.39 Å². The number of halogens is 2. The van der Waals surface area contributed by atoms with E-state index in [1.807, 2.05) is 0 Å². The van der Waals surface area contributed by atoms with Gasteiger partial charge < -0.3 is 0 Å². The molecule has 25 heavy (non-hydrogen) atoms. The average molecular weight is 411 g/mol. The van der Waals surface area contributed by atoms with Crippen molar-refractivity contribution < 1.29 is 14.0 Å². The molecule has 4 aliphatic rings. The van der Waals surface area contributed by atoms with Crippen molar-refractivity contribution in [1.29, 1.82) is 0 Å². The Hall–Kier alpha value is -0.510. The van der Waals surface area contributed by atoms with Gasteiger partial charge in [-0.1, -0.05) is 29.8 Å². The van der Waals surface area contributed by atoms with Gasteiger partial charge in [0.15, 0.2) is 11.6 Å². The van der Waals surface area contributed by atoms with E-state index < -0.39 is 5.83 Å². The van der Waals surface area contributed by atoms with Crippen molar-refractivity contribution in [2.45, 2.75) is 65.2 Å². The molecule has 0 saturated heterocycles. The first-order chi connectivity index (χ1) is 11.8. The molecule has 4 heteroatoms. The minimum Gasteiger partial charge on any atom is -0.298 e. The van der Waals surface area contributed by atoms with Crippen LogP contribution < -0.4 is 0 Å². The Labute approximate surface area is 158 Å². The number of hydrogen-bond donors (Lipinski definition) is 0. The predicted octanol–water partition coefficient (Wildman–Crippen LogP) is 5.40. The van der Waals surface area contributed by atoms with Crippen molar-refractivity contribution in [2.75, 3.05) is 5.33 Å². The van der Waals surface area contributed by atoms with Crippen LogP contribution in [-0.2, 0) is 9.59 Å². The largest absolute Gasteiger partial charge is 0.298 e. The van der Waals surface area contributed by atoms with E-state index in [2.05, 4.69) is 29.8 Å². The van der Waals surface area contributed by atoms with E-state index >= 15 is 0 Å². The van der Waals surface area contributed by atoms with Gasteiger partial charge in [0, 0.05) is 12.3 Å². The second-order valence-electron chi connectivity index (χ2n) is 9.32. The van der Waals surface area contributed by atoms with Gasteiger partial charge in [-0.05, 0) is 79.1 Å². The van der Waals surface area contributed by atoms with E-state index in [1.165, 1.54) is 0 Å². The molecular formula is C21H28BrFO2. The molecule has 0 N–H and O–H groups in total. The molecule has 0 amide bonds. The lowest BCUT2D eigenvalue weighted by atomic mass is 9.46. The van der Waals surface area contributed by atoms with Crippen molar-refractivity contribution in [2.24, 2.45) is 34.5 Å². The van der Waals surface area contributed by atoms with Crippen LogP contribution in [0.3, 0.4) is 0 Å². The SMILES string of the molecule is C[C@]12CC[C@H]3[C@@H](CCC4=C(F)C(=O)CC[C@@]43C)[C@@H]1CC[C@@H]2C(=O)CBr. The average Bonchev–Trinajstić information content (AvgIpc) is 2.95. The molecule has 0 heterocycles. The molecule has 4 aliphatic carbocycles. The number of ketones is 2. The van der Waals surface area contributed by atoms with Crippen LogP contribution in [0, 0.1) is 34.5 Å². The van der Waals surface area contributed by atoms with Gasteiger partial charge in [0.25, 0.3) is 0 Å². The van der Waals surface area contributed by atoms with E-state index in [9.17, 15) is 14.0 Å². The van der Waals surface area contributed by atoms with Crippen molar-refractivity contribution in [1.82, 2.24) is 0 Å². The third-order valence-electron chi connectivity index (χ3n) is 8.57. The molecule has 2 nitrogen and oxygen atoms in total. The molecule has 3 saturated carbocycles. The van der Waals surface area contributed by atoms with E-state index in [0.29, 0.717) is 35.3 Å². The lowest BCUT2D eigenvalue weighted by Crippen LogP contribution is -2.51. The molecule has 0 aromatic rings. The molecule has 0 radical (unpaired) electrons. The van der Waals surface area contributed by atoms with Crippen LogP contribution in [0.2, 0.25) is 0 Å². The lowest BCUT2D eigenvalue weighted by molar-refractivity contribution is -0.128. The summed E-state index contributed by atoms with van der Waals surface area (Å²) in [6, 6.07) is 0. The summed E-state index contributed by atoms with van der Waals surface area (Å²) < 4.78 is 14.6. The number of allylic oxidation sites excluding steroid dienone is 1. The molecule has 0 aromatic heterocycles. The van der Waals surface area contributed by atoms with E-state index in [0.717, 1.165) is 50.5 Å². The van der Waals surface area contributed by atoms with Crippen LogP contribution in [0.5, 0.6) is 0 Å². The van der Waals surface area contributed by atoms with Gasteiger partial charge in [-0.25, -0.2) is 4.39 Å². The molecule has 0 bridgehead atoms.